The highest BCUT2D eigenvalue weighted by Gasteiger charge is 2.16. The fourth-order valence-electron chi connectivity index (χ4n) is 3.38. The molecule has 33 heavy (non-hydrogen) atoms. The Morgan fingerprint density at radius 2 is 1.79 bits per heavy atom. The van der Waals surface area contributed by atoms with Crippen LogP contribution in [0.1, 0.15) is 29.3 Å². The van der Waals surface area contributed by atoms with Gasteiger partial charge in [0, 0.05) is 11.6 Å². The van der Waals surface area contributed by atoms with Crippen LogP contribution < -0.4 is 11.2 Å². The van der Waals surface area contributed by atoms with Crippen LogP contribution in [0.3, 0.4) is 0 Å². The van der Waals surface area contributed by atoms with E-state index in [1.807, 2.05) is 37.3 Å². The molecule has 0 radical (unpaired) electrons. The van der Waals surface area contributed by atoms with E-state index < -0.39 is 23.1 Å². The minimum atomic E-state index is -0.766. The quantitative estimate of drug-likeness (QED) is 0.348. The van der Waals surface area contributed by atoms with Gasteiger partial charge < -0.3 is 9.84 Å². The first-order valence-electron chi connectivity index (χ1n) is 10.4. The largest absolute Gasteiger partial charge is 0.493 e. The van der Waals surface area contributed by atoms with Gasteiger partial charge in [-0.15, -0.1) is 0 Å². The van der Waals surface area contributed by atoms with Crippen molar-refractivity contribution in [3.8, 4) is 11.6 Å². The average Bonchev–Trinajstić information content (AvgIpc) is 2.82. The van der Waals surface area contributed by atoms with Crippen LogP contribution in [0, 0.1) is 0 Å². The number of aliphatic imine (C=N–C) groups is 1. The number of carbonyl (C=O) groups excluding carboxylic acids is 1. The highest BCUT2D eigenvalue weighted by molar-refractivity contribution is 5.92. The maximum atomic E-state index is 12.6. The van der Waals surface area contributed by atoms with E-state index in [4.69, 9.17) is 4.74 Å². The van der Waals surface area contributed by atoms with Crippen LogP contribution >= 0.6 is 0 Å². The highest BCUT2D eigenvalue weighted by atomic mass is 16.5. The molecule has 0 spiro atoms. The van der Waals surface area contributed by atoms with Crippen LogP contribution in [0.4, 0.5) is 5.69 Å². The fourth-order valence-corrected chi connectivity index (χ4v) is 3.38. The van der Waals surface area contributed by atoms with Gasteiger partial charge in [-0.25, -0.2) is 14.2 Å². The van der Waals surface area contributed by atoms with Crippen molar-refractivity contribution >= 4 is 28.6 Å². The number of nitrogens with one attached hydrogen (secondary N) is 1. The molecule has 0 atom stereocenters. The molecule has 0 amide bonds. The van der Waals surface area contributed by atoms with E-state index in [-0.39, 0.29) is 5.56 Å². The number of carbonyl (C=O) groups is 1. The van der Waals surface area contributed by atoms with Crippen LogP contribution in [0.15, 0.2) is 81.3 Å². The van der Waals surface area contributed by atoms with Gasteiger partial charge in [0.05, 0.1) is 23.5 Å². The van der Waals surface area contributed by atoms with Crippen LogP contribution in [0.2, 0.25) is 0 Å². The Labute approximate surface area is 188 Å². The van der Waals surface area contributed by atoms with Crippen LogP contribution in [0.25, 0.3) is 16.5 Å². The van der Waals surface area contributed by atoms with Gasteiger partial charge in [-0.2, -0.15) is 0 Å². The Morgan fingerprint density at radius 1 is 1.06 bits per heavy atom. The van der Waals surface area contributed by atoms with Gasteiger partial charge in [-0.05, 0) is 42.1 Å². The zero-order chi connectivity index (χ0) is 23.4. The van der Waals surface area contributed by atoms with E-state index in [2.05, 4.69) is 9.98 Å². The Kier molecular flexibility index (Phi) is 6.17. The van der Waals surface area contributed by atoms with E-state index in [1.165, 1.54) is 6.21 Å². The van der Waals surface area contributed by atoms with Gasteiger partial charge >= 0.3 is 11.7 Å². The number of nitrogens with zero attached hydrogens (tertiary/aromatic N) is 2. The maximum absolute atomic E-state index is 12.6. The molecule has 1 heterocycles. The molecule has 8 heteroatoms. The lowest BCUT2D eigenvalue weighted by Crippen LogP contribution is -2.31. The summed E-state index contributed by atoms with van der Waals surface area (Å²) in [6.07, 6.45) is 1.91. The fraction of sp³-hybridized carbons (Fsp3) is 0.120. The number of ether oxygens (including phenoxy) is 1. The predicted molar refractivity (Wildman–Crippen MR) is 126 cm³/mol. The molecule has 0 fully saturated rings. The number of aromatic nitrogens is 2. The summed E-state index contributed by atoms with van der Waals surface area (Å²) in [5.74, 6) is -0.952. The van der Waals surface area contributed by atoms with Gasteiger partial charge in [0.1, 0.15) is 5.56 Å². The standard InChI is InChI=1S/C25H21N3O5/c1-2-14-33-24(31)17-10-12-18(13-11-17)26-15-20-22(29)27-25(32)28(23(20)30)21-9-5-7-16-6-3-4-8-19(16)21/h3-13,15,30H,2,14H2,1H3,(H,27,29,32). The van der Waals surface area contributed by atoms with Gasteiger partial charge in [0.25, 0.3) is 5.56 Å². The lowest BCUT2D eigenvalue weighted by Gasteiger charge is -2.12. The monoisotopic (exact) mass is 443 g/mol. The smallest absolute Gasteiger partial charge is 0.338 e. The molecule has 4 aromatic rings. The van der Waals surface area contributed by atoms with E-state index in [1.54, 1.807) is 36.4 Å². The molecule has 0 aliphatic rings. The Hall–Kier alpha value is -4.46. The predicted octanol–water partition coefficient (Wildman–Crippen LogP) is 3.70. The van der Waals surface area contributed by atoms with Gasteiger partial charge in [0.15, 0.2) is 0 Å². The molecule has 0 aliphatic heterocycles. The van der Waals surface area contributed by atoms with Crippen molar-refractivity contribution in [1.82, 2.24) is 9.55 Å². The van der Waals surface area contributed by atoms with Crippen molar-refractivity contribution in [2.75, 3.05) is 6.61 Å². The van der Waals surface area contributed by atoms with Crippen LogP contribution in [0.5, 0.6) is 5.88 Å². The number of esters is 1. The molecule has 0 aliphatic carbocycles. The van der Waals surface area contributed by atoms with Gasteiger partial charge in [-0.3, -0.25) is 14.8 Å². The summed E-state index contributed by atoms with van der Waals surface area (Å²) in [5, 5.41) is 12.4. The molecular formula is C25H21N3O5. The van der Waals surface area contributed by atoms with Gasteiger partial charge in [-0.1, -0.05) is 43.3 Å². The van der Waals surface area contributed by atoms with E-state index in [9.17, 15) is 19.5 Å². The SMILES string of the molecule is CCCOC(=O)c1ccc(N=Cc2c(O)n(-c3cccc4ccccc34)c(=O)[nH]c2=O)cc1. The zero-order valence-electron chi connectivity index (χ0n) is 17.8. The minimum absolute atomic E-state index is 0.172. The second kappa shape index (κ2) is 9.35. The third-order valence-corrected chi connectivity index (χ3v) is 5.01. The van der Waals surface area contributed by atoms with Crippen LogP contribution in [-0.2, 0) is 4.74 Å². The third-order valence-electron chi connectivity index (χ3n) is 5.01. The first-order valence-corrected chi connectivity index (χ1v) is 10.4. The molecule has 0 bridgehead atoms. The number of H-pyrrole nitrogens is 1. The Morgan fingerprint density at radius 3 is 2.55 bits per heavy atom. The summed E-state index contributed by atoms with van der Waals surface area (Å²) in [7, 11) is 0. The first-order chi connectivity index (χ1) is 16.0. The molecule has 0 unspecified atom stereocenters. The highest BCUT2D eigenvalue weighted by Crippen LogP contribution is 2.24. The normalized spacial score (nSPS) is 11.2. The summed E-state index contributed by atoms with van der Waals surface area (Å²) in [6, 6.07) is 19.0. The summed E-state index contributed by atoms with van der Waals surface area (Å²) < 4.78 is 6.13. The van der Waals surface area contributed by atoms with Gasteiger partial charge in [0.2, 0.25) is 5.88 Å². The van der Waals surface area contributed by atoms with Crippen molar-refractivity contribution in [3.05, 3.63) is 98.7 Å². The average molecular weight is 443 g/mol. The lowest BCUT2D eigenvalue weighted by molar-refractivity contribution is 0.0505. The number of benzene rings is 3. The molecule has 3 aromatic carbocycles. The number of aromatic amines is 1. The summed E-state index contributed by atoms with van der Waals surface area (Å²) in [5.41, 5.74) is -0.444. The van der Waals surface area contributed by atoms with Crippen molar-refractivity contribution < 1.29 is 14.6 Å². The number of aromatic hydroxyl groups is 1. The molecule has 4 rings (SSSR count). The lowest BCUT2D eigenvalue weighted by atomic mass is 10.1. The zero-order valence-corrected chi connectivity index (χ0v) is 17.8. The second-order valence-electron chi connectivity index (χ2n) is 7.27. The minimum Gasteiger partial charge on any atom is -0.493 e. The third kappa shape index (κ3) is 4.45. The summed E-state index contributed by atoms with van der Waals surface area (Å²) in [4.78, 5) is 43.3. The van der Waals surface area contributed by atoms with Crippen molar-refractivity contribution in [2.24, 2.45) is 4.99 Å². The number of fused-ring (bicyclic) bond motifs is 1. The molecular weight excluding hydrogens is 422 g/mol. The Bertz CT molecular complexity index is 1460. The van der Waals surface area contributed by atoms with E-state index in [0.717, 1.165) is 21.8 Å². The molecule has 8 nitrogen and oxygen atoms in total. The summed E-state index contributed by atoms with van der Waals surface area (Å²) in [6.45, 7) is 2.25. The topological polar surface area (TPSA) is 114 Å². The second-order valence-corrected chi connectivity index (χ2v) is 7.27. The maximum Gasteiger partial charge on any atom is 0.338 e. The van der Waals surface area contributed by atoms with Crippen molar-refractivity contribution in [3.63, 3.8) is 0 Å². The number of rotatable bonds is 6. The van der Waals surface area contributed by atoms with Crippen molar-refractivity contribution in [2.45, 2.75) is 13.3 Å². The molecule has 1 aromatic heterocycles. The van der Waals surface area contributed by atoms with E-state index >= 15 is 0 Å². The molecule has 0 saturated heterocycles. The molecule has 0 saturated carbocycles. The number of hydrogen-bond donors (Lipinski definition) is 2. The molecule has 166 valence electrons. The first kappa shape index (κ1) is 21.8. The van der Waals surface area contributed by atoms with Crippen molar-refractivity contribution in [1.29, 1.82) is 0 Å². The molecule has 2 N–H and O–H groups in total. The van der Waals surface area contributed by atoms with E-state index in [0.29, 0.717) is 23.5 Å². The Balaban J connectivity index is 1.71. The summed E-state index contributed by atoms with van der Waals surface area (Å²) >= 11 is 0. The van der Waals surface area contributed by atoms with Crippen LogP contribution in [-0.4, -0.2) is 33.4 Å². The number of hydrogen-bond acceptors (Lipinski definition) is 6.